The van der Waals surface area contributed by atoms with Crippen LogP contribution in [-0.4, -0.2) is 56.6 Å². The Morgan fingerprint density at radius 2 is 1.59 bits per heavy atom. The average molecular weight is 245 g/mol. The number of nitrogens with zero attached hydrogens (tertiary/aromatic N) is 1. The van der Waals surface area contributed by atoms with Crippen molar-refractivity contribution in [2.24, 2.45) is 11.5 Å². The molecule has 7 nitrogen and oxygen atoms in total. The molecule has 7 heteroatoms. The second-order valence-electron chi connectivity index (χ2n) is 3.75. The topological polar surface area (TPSA) is 113 Å². The number of hydrogen-bond acceptors (Lipinski definition) is 5. The largest absolute Gasteiger partial charge is 0.355 e. The number of hydrogen-bond donors (Lipinski definition) is 4. The van der Waals surface area contributed by atoms with Gasteiger partial charge in [-0.25, -0.2) is 0 Å². The standard InChI is InChI=1S/C10H23N5O2/c1-15(7-3-10(17)14-8-12)6-2-9(16)13-5-4-11/h2-8,11-12H2,1H3,(H,13,16)(H,14,17). The van der Waals surface area contributed by atoms with E-state index in [4.69, 9.17) is 11.5 Å². The Hall–Kier alpha value is -1.18. The first-order valence-corrected chi connectivity index (χ1v) is 5.72. The summed E-state index contributed by atoms with van der Waals surface area (Å²) in [6.07, 6.45) is 0.799. The van der Waals surface area contributed by atoms with Gasteiger partial charge in [0.15, 0.2) is 0 Å². The highest BCUT2D eigenvalue weighted by molar-refractivity contribution is 5.76. The van der Waals surface area contributed by atoms with Gasteiger partial charge in [-0.1, -0.05) is 0 Å². The van der Waals surface area contributed by atoms with E-state index in [1.807, 2.05) is 11.9 Å². The summed E-state index contributed by atoms with van der Waals surface area (Å²) in [7, 11) is 1.87. The molecule has 0 saturated carbocycles. The Labute approximate surface area is 102 Å². The maximum atomic E-state index is 11.3. The van der Waals surface area contributed by atoms with Crippen molar-refractivity contribution in [2.45, 2.75) is 12.8 Å². The van der Waals surface area contributed by atoms with Crippen LogP contribution >= 0.6 is 0 Å². The van der Waals surface area contributed by atoms with Gasteiger partial charge in [0.25, 0.3) is 0 Å². The minimum Gasteiger partial charge on any atom is -0.355 e. The number of carbonyl (C=O) groups excluding carboxylic acids is 2. The zero-order valence-corrected chi connectivity index (χ0v) is 10.4. The summed E-state index contributed by atoms with van der Waals surface area (Å²) in [6.45, 7) is 2.33. The molecule has 0 spiro atoms. The van der Waals surface area contributed by atoms with E-state index in [1.165, 1.54) is 0 Å². The second-order valence-corrected chi connectivity index (χ2v) is 3.75. The predicted octanol–water partition coefficient (Wildman–Crippen LogP) is -2.19. The van der Waals surface area contributed by atoms with Crippen LogP contribution in [0.2, 0.25) is 0 Å². The minimum atomic E-state index is -0.0769. The zero-order chi connectivity index (χ0) is 13.1. The second kappa shape index (κ2) is 10.0. The summed E-state index contributed by atoms with van der Waals surface area (Å²) < 4.78 is 0. The van der Waals surface area contributed by atoms with E-state index < -0.39 is 0 Å². The molecule has 0 fully saturated rings. The van der Waals surface area contributed by atoms with E-state index in [2.05, 4.69) is 10.6 Å². The van der Waals surface area contributed by atoms with Crippen molar-refractivity contribution in [1.29, 1.82) is 0 Å². The van der Waals surface area contributed by atoms with Crippen molar-refractivity contribution in [3.05, 3.63) is 0 Å². The van der Waals surface area contributed by atoms with Gasteiger partial charge in [0, 0.05) is 39.0 Å². The molecule has 0 unspecified atom stereocenters. The molecule has 6 N–H and O–H groups in total. The van der Waals surface area contributed by atoms with Gasteiger partial charge in [0.05, 0.1) is 6.67 Å². The molecule has 0 aromatic carbocycles. The summed E-state index contributed by atoms with van der Waals surface area (Å²) in [5.74, 6) is -0.0966. The van der Waals surface area contributed by atoms with Crippen LogP contribution in [-0.2, 0) is 9.59 Å². The van der Waals surface area contributed by atoms with Gasteiger partial charge in [-0.2, -0.15) is 0 Å². The molecular weight excluding hydrogens is 222 g/mol. The molecular formula is C10H23N5O2. The van der Waals surface area contributed by atoms with E-state index in [9.17, 15) is 9.59 Å². The Bertz CT molecular complexity index is 235. The number of carbonyl (C=O) groups is 2. The number of nitrogens with two attached hydrogens (primary N) is 2. The number of nitrogens with one attached hydrogen (secondary N) is 2. The number of rotatable bonds is 9. The van der Waals surface area contributed by atoms with E-state index in [1.54, 1.807) is 0 Å². The van der Waals surface area contributed by atoms with Crippen molar-refractivity contribution in [3.63, 3.8) is 0 Å². The van der Waals surface area contributed by atoms with Crippen LogP contribution in [0.25, 0.3) is 0 Å². The molecule has 0 saturated heterocycles. The molecule has 0 rings (SSSR count). The molecule has 0 radical (unpaired) electrons. The van der Waals surface area contributed by atoms with E-state index in [0.717, 1.165) is 0 Å². The van der Waals surface area contributed by atoms with Crippen LogP contribution in [0.1, 0.15) is 12.8 Å². The predicted molar refractivity (Wildman–Crippen MR) is 66.0 cm³/mol. The SMILES string of the molecule is CN(CCC(=O)NCN)CCC(=O)NCCN. The van der Waals surface area contributed by atoms with Gasteiger partial charge in [0.2, 0.25) is 11.8 Å². The van der Waals surface area contributed by atoms with Crippen LogP contribution in [0, 0.1) is 0 Å². The summed E-state index contributed by atoms with van der Waals surface area (Å²) in [5, 5.41) is 5.20. The van der Waals surface area contributed by atoms with Crippen molar-refractivity contribution in [2.75, 3.05) is 39.9 Å². The lowest BCUT2D eigenvalue weighted by molar-refractivity contribution is -0.121. The van der Waals surface area contributed by atoms with Crippen molar-refractivity contribution in [3.8, 4) is 0 Å². The Balaban J connectivity index is 3.55. The van der Waals surface area contributed by atoms with Gasteiger partial charge in [-0.05, 0) is 7.05 Å². The molecule has 0 aliphatic carbocycles. The van der Waals surface area contributed by atoms with Crippen LogP contribution in [0.3, 0.4) is 0 Å². The van der Waals surface area contributed by atoms with E-state index in [0.29, 0.717) is 39.0 Å². The molecule has 0 aromatic rings. The molecule has 0 aliphatic heterocycles. The van der Waals surface area contributed by atoms with Crippen LogP contribution in [0.5, 0.6) is 0 Å². The summed E-state index contributed by atoms with van der Waals surface area (Å²) in [5.41, 5.74) is 10.4. The van der Waals surface area contributed by atoms with Gasteiger partial charge in [0.1, 0.15) is 0 Å². The smallest absolute Gasteiger partial charge is 0.222 e. The Morgan fingerprint density at radius 1 is 1.06 bits per heavy atom. The molecule has 0 bridgehead atoms. The first kappa shape index (κ1) is 15.8. The Kier molecular flexibility index (Phi) is 9.31. The quantitative estimate of drug-likeness (QED) is 0.344. The normalized spacial score (nSPS) is 10.4. The number of amides is 2. The average Bonchev–Trinajstić information content (AvgIpc) is 2.31. The van der Waals surface area contributed by atoms with Crippen molar-refractivity contribution < 1.29 is 9.59 Å². The van der Waals surface area contributed by atoms with E-state index >= 15 is 0 Å². The van der Waals surface area contributed by atoms with Gasteiger partial charge < -0.3 is 27.0 Å². The van der Waals surface area contributed by atoms with Gasteiger partial charge in [-0.3, -0.25) is 9.59 Å². The third-order valence-electron chi connectivity index (χ3n) is 2.21. The van der Waals surface area contributed by atoms with Crippen molar-refractivity contribution in [1.82, 2.24) is 15.5 Å². The van der Waals surface area contributed by atoms with Gasteiger partial charge in [-0.15, -0.1) is 0 Å². The minimum absolute atomic E-state index is 0.0197. The lowest BCUT2D eigenvalue weighted by Crippen LogP contribution is -2.34. The zero-order valence-electron chi connectivity index (χ0n) is 10.4. The molecule has 0 heterocycles. The van der Waals surface area contributed by atoms with E-state index in [-0.39, 0.29) is 18.5 Å². The summed E-state index contributed by atoms with van der Waals surface area (Å²) in [4.78, 5) is 24.3. The van der Waals surface area contributed by atoms with Crippen molar-refractivity contribution >= 4 is 11.8 Å². The van der Waals surface area contributed by atoms with Gasteiger partial charge >= 0.3 is 0 Å². The fourth-order valence-electron chi connectivity index (χ4n) is 1.20. The fourth-order valence-corrected chi connectivity index (χ4v) is 1.20. The first-order valence-electron chi connectivity index (χ1n) is 5.72. The highest BCUT2D eigenvalue weighted by Crippen LogP contribution is 1.90. The molecule has 0 aliphatic rings. The van der Waals surface area contributed by atoms with Crippen LogP contribution in [0.4, 0.5) is 0 Å². The molecule has 0 atom stereocenters. The lowest BCUT2D eigenvalue weighted by Gasteiger charge is -2.15. The molecule has 17 heavy (non-hydrogen) atoms. The first-order chi connectivity index (χ1) is 8.10. The fraction of sp³-hybridized carbons (Fsp3) is 0.800. The summed E-state index contributed by atoms with van der Waals surface area (Å²) in [6, 6.07) is 0. The highest BCUT2D eigenvalue weighted by atomic mass is 16.2. The lowest BCUT2D eigenvalue weighted by atomic mass is 10.3. The maximum absolute atomic E-state index is 11.3. The molecule has 0 aromatic heterocycles. The maximum Gasteiger partial charge on any atom is 0.222 e. The third-order valence-corrected chi connectivity index (χ3v) is 2.21. The molecule has 2 amide bonds. The van der Waals surface area contributed by atoms with Crippen LogP contribution < -0.4 is 22.1 Å². The highest BCUT2D eigenvalue weighted by Gasteiger charge is 2.06. The van der Waals surface area contributed by atoms with Crippen LogP contribution in [0.15, 0.2) is 0 Å². The monoisotopic (exact) mass is 245 g/mol. The summed E-state index contributed by atoms with van der Waals surface area (Å²) >= 11 is 0. The molecule has 100 valence electrons. The third kappa shape index (κ3) is 9.73. The Morgan fingerprint density at radius 3 is 2.06 bits per heavy atom.